The van der Waals surface area contributed by atoms with E-state index in [4.69, 9.17) is 0 Å². The fourth-order valence-corrected chi connectivity index (χ4v) is 4.28. The average molecular weight is 537 g/mol. The van der Waals surface area contributed by atoms with Gasteiger partial charge in [0.1, 0.15) is 11.6 Å². The summed E-state index contributed by atoms with van der Waals surface area (Å²) in [5.41, 5.74) is 0.709. The molecule has 0 unspecified atom stereocenters. The highest BCUT2D eigenvalue weighted by molar-refractivity contribution is 6.08. The number of fused-ring (bicyclic) bond motifs is 2. The predicted octanol–water partition coefficient (Wildman–Crippen LogP) is 6.10. The summed E-state index contributed by atoms with van der Waals surface area (Å²) in [6.07, 6.45) is 0. The maximum atomic E-state index is 14.7. The van der Waals surface area contributed by atoms with E-state index in [2.05, 4.69) is 15.3 Å². The normalized spacial score (nSPS) is 11.5. The largest absolute Gasteiger partial charge is 0.351 e. The summed E-state index contributed by atoms with van der Waals surface area (Å²) >= 11 is 0. The van der Waals surface area contributed by atoms with Gasteiger partial charge < -0.3 is 10.2 Å². The van der Waals surface area contributed by atoms with Gasteiger partial charge in [0.15, 0.2) is 17.5 Å². The van der Waals surface area contributed by atoms with Gasteiger partial charge in [0.05, 0.1) is 28.0 Å². The molecule has 1 amide bonds. The number of benzene rings is 3. The second kappa shape index (κ2) is 10.4. The van der Waals surface area contributed by atoms with Gasteiger partial charge in [0.25, 0.3) is 5.91 Å². The lowest BCUT2D eigenvalue weighted by molar-refractivity contribution is 0.0952. The van der Waals surface area contributed by atoms with Crippen LogP contribution in [0.2, 0.25) is 0 Å². The van der Waals surface area contributed by atoms with Gasteiger partial charge in [-0.25, -0.2) is 31.9 Å². The number of likely N-dealkylation sites (N-methyl/N-ethyl adjacent to an activating group) is 1. The predicted molar refractivity (Wildman–Crippen MR) is 139 cm³/mol. The summed E-state index contributed by atoms with van der Waals surface area (Å²) in [5, 5.41) is 3.34. The minimum absolute atomic E-state index is 0.0569. The van der Waals surface area contributed by atoms with E-state index in [1.54, 1.807) is 0 Å². The van der Waals surface area contributed by atoms with Crippen LogP contribution in [-0.2, 0) is 0 Å². The summed E-state index contributed by atoms with van der Waals surface area (Å²) in [4.78, 5) is 24.0. The SMILES string of the molecule is CN(C)CCNC(=O)c1cc(-c2cc(-c3ccc(F)c(F)c3F)nc3ccc(F)cc23)nc2ccc(F)cc12. The molecular formula is C29H21F5N4O. The number of nitrogens with one attached hydrogen (secondary N) is 1. The third-order valence-electron chi connectivity index (χ3n) is 6.22. The lowest BCUT2D eigenvalue weighted by atomic mass is 9.98. The molecule has 198 valence electrons. The van der Waals surface area contributed by atoms with E-state index >= 15 is 0 Å². The molecule has 0 saturated carbocycles. The highest BCUT2D eigenvalue weighted by Gasteiger charge is 2.20. The number of amides is 1. The smallest absolute Gasteiger partial charge is 0.252 e. The van der Waals surface area contributed by atoms with E-state index in [1.165, 1.54) is 42.5 Å². The number of rotatable bonds is 6. The molecule has 10 heteroatoms. The molecular weight excluding hydrogens is 515 g/mol. The molecule has 0 aliphatic heterocycles. The number of carbonyl (C=O) groups excluding carboxylic acids is 1. The molecule has 5 nitrogen and oxygen atoms in total. The van der Waals surface area contributed by atoms with E-state index in [-0.39, 0.29) is 49.9 Å². The minimum Gasteiger partial charge on any atom is -0.351 e. The van der Waals surface area contributed by atoms with Crippen molar-refractivity contribution in [2.45, 2.75) is 0 Å². The van der Waals surface area contributed by atoms with Gasteiger partial charge in [-0.1, -0.05) is 0 Å². The third kappa shape index (κ3) is 5.15. The molecule has 0 aliphatic rings. The molecule has 39 heavy (non-hydrogen) atoms. The quantitative estimate of drug-likeness (QED) is 0.210. The fraction of sp³-hybridized carbons (Fsp3) is 0.138. The summed E-state index contributed by atoms with van der Waals surface area (Å²) in [7, 11) is 3.70. The topological polar surface area (TPSA) is 58.1 Å². The number of hydrogen-bond acceptors (Lipinski definition) is 4. The van der Waals surface area contributed by atoms with Crippen LogP contribution in [0.1, 0.15) is 10.4 Å². The van der Waals surface area contributed by atoms with Crippen molar-refractivity contribution in [3.63, 3.8) is 0 Å². The van der Waals surface area contributed by atoms with E-state index in [0.29, 0.717) is 13.1 Å². The molecule has 0 aliphatic carbocycles. The second-order valence-electron chi connectivity index (χ2n) is 9.22. The van der Waals surface area contributed by atoms with Crippen molar-refractivity contribution in [3.8, 4) is 22.5 Å². The molecule has 3 aromatic carbocycles. The van der Waals surface area contributed by atoms with Crippen molar-refractivity contribution in [1.29, 1.82) is 0 Å². The molecule has 0 saturated heterocycles. The lowest BCUT2D eigenvalue weighted by Gasteiger charge is -2.15. The maximum Gasteiger partial charge on any atom is 0.252 e. The molecule has 0 radical (unpaired) electrons. The van der Waals surface area contributed by atoms with Crippen LogP contribution in [0.25, 0.3) is 44.3 Å². The summed E-state index contributed by atoms with van der Waals surface area (Å²) in [6.45, 7) is 0.886. The Bertz CT molecular complexity index is 1760. The molecule has 0 spiro atoms. The molecule has 1 N–H and O–H groups in total. The monoisotopic (exact) mass is 536 g/mol. The molecule has 0 fully saturated rings. The van der Waals surface area contributed by atoms with Gasteiger partial charge in [0.2, 0.25) is 0 Å². The van der Waals surface area contributed by atoms with Crippen LogP contribution >= 0.6 is 0 Å². The number of nitrogens with zero attached hydrogens (tertiary/aromatic N) is 3. The van der Waals surface area contributed by atoms with Crippen LogP contribution in [0.3, 0.4) is 0 Å². The van der Waals surface area contributed by atoms with Gasteiger partial charge in [-0.15, -0.1) is 0 Å². The van der Waals surface area contributed by atoms with Crippen molar-refractivity contribution in [1.82, 2.24) is 20.2 Å². The molecule has 0 bridgehead atoms. The van der Waals surface area contributed by atoms with E-state index in [9.17, 15) is 26.7 Å². The molecule has 5 rings (SSSR count). The lowest BCUT2D eigenvalue weighted by Crippen LogP contribution is -2.31. The molecule has 5 aromatic rings. The Balaban J connectivity index is 1.75. The zero-order chi connectivity index (χ0) is 27.8. The average Bonchev–Trinajstić information content (AvgIpc) is 2.90. The minimum atomic E-state index is -1.66. The highest BCUT2D eigenvalue weighted by Crippen LogP contribution is 2.35. The first-order valence-electron chi connectivity index (χ1n) is 11.9. The zero-order valence-electron chi connectivity index (χ0n) is 20.8. The van der Waals surface area contributed by atoms with Crippen LogP contribution in [0, 0.1) is 29.1 Å². The van der Waals surface area contributed by atoms with E-state index in [1.807, 2.05) is 19.0 Å². The molecule has 2 heterocycles. The first-order chi connectivity index (χ1) is 18.6. The Morgan fingerprint density at radius 3 is 2.03 bits per heavy atom. The Hall–Kier alpha value is -4.44. The van der Waals surface area contributed by atoms with Crippen LogP contribution in [0.15, 0.2) is 60.7 Å². The first-order valence-corrected chi connectivity index (χ1v) is 11.9. The molecule has 0 atom stereocenters. The van der Waals surface area contributed by atoms with E-state index < -0.39 is 35.0 Å². The van der Waals surface area contributed by atoms with Crippen molar-refractivity contribution in [2.24, 2.45) is 0 Å². The van der Waals surface area contributed by atoms with Gasteiger partial charge in [-0.05, 0) is 74.8 Å². The van der Waals surface area contributed by atoms with Gasteiger partial charge in [0, 0.05) is 35.0 Å². The van der Waals surface area contributed by atoms with Crippen molar-refractivity contribution >= 4 is 27.7 Å². The maximum absolute atomic E-state index is 14.7. The standard InChI is InChI=1S/C29H21F5N4O/c1-38(2)10-9-35-29(39)21-14-26(37-24-8-4-16(31)12-19(21)24)20-13-25(17-5-6-22(32)28(34)27(17)33)36-23-7-3-15(30)11-18(20)23/h3-8,11-14H,9-10H2,1-2H3,(H,35,39). The van der Waals surface area contributed by atoms with E-state index in [0.717, 1.165) is 18.2 Å². The Kier molecular flexibility index (Phi) is 6.96. The van der Waals surface area contributed by atoms with Crippen LogP contribution < -0.4 is 5.32 Å². The summed E-state index contributed by atoms with van der Waals surface area (Å²) in [6, 6.07) is 12.1. The third-order valence-corrected chi connectivity index (χ3v) is 6.22. The second-order valence-corrected chi connectivity index (χ2v) is 9.22. The van der Waals surface area contributed by atoms with Crippen LogP contribution in [-0.4, -0.2) is 48.0 Å². The zero-order valence-corrected chi connectivity index (χ0v) is 20.8. The Morgan fingerprint density at radius 2 is 1.36 bits per heavy atom. The fourth-order valence-electron chi connectivity index (χ4n) is 4.28. The Morgan fingerprint density at radius 1 is 0.744 bits per heavy atom. The molecule has 2 aromatic heterocycles. The van der Waals surface area contributed by atoms with Crippen molar-refractivity contribution < 1.29 is 26.7 Å². The number of pyridine rings is 2. The number of halogens is 5. The van der Waals surface area contributed by atoms with Crippen molar-refractivity contribution in [3.05, 3.63) is 95.3 Å². The number of hydrogen-bond donors (Lipinski definition) is 1. The highest BCUT2D eigenvalue weighted by atomic mass is 19.2. The number of aromatic nitrogens is 2. The van der Waals surface area contributed by atoms with Gasteiger partial charge >= 0.3 is 0 Å². The van der Waals surface area contributed by atoms with Crippen molar-refractivity contribution in [2.75, 3.05) is 27.2 Å². The van der Waals surface area contributed by atoms with Crippen LogP contribution in [0.4, 0.5) is 22.0 Å². The number of carbonyl (C=O) groups is 1. The summed E-state index contributed by atoms with van der Waals surface area (Å²) < 4.78 is 70.8. The van der Waals surface area contributed by atoms with Crippen LogP contribution in [0.5, 0.6) is 0 Å². The summed E-state index contributed by atoms with van der Waals surface area (Å²) in [5.74, 6) is -6.07. The van der Waals surface area contributed by atoms with Gasteiger partial charge in [-0.2, -0.15) is 0 Å². The van der Waals surface area contributed by atoms with Gasteiger partial charge in [-0.3, -0.25) is 4.79 Å². The Labute approximate surface area is 219 Å². The first kappa shape index (κ1) is 26.2.